The largest absolute Gasteiger partial charge is 0.384 e. The van der Waals surface area contributed by atoms with Gasteiger partial charge in [0.25, 0.3) is 10.0 Å². The van der Waals surface area contributed by atoms with Gasteiger partial charge in [0.15, 0.2) is 5.03 Å². The highest BCUT2D eigenvalue weighted by atomic mass is 32.2. The minimum atomic E-state index is -3.62. The molecule has 0 fully saturated rings. The number of hydrogen-bond acceptors (Lipinski definition) is 5. The van der Waals surface area contributed by atoms with Crippen LogP contribution in [0, 0.1) is 0 Å². The highest BCUT2D eigenvalue weighted by molar-refractivity contribution is 7.89. The Morgan fingerprint density at radius 1 is 1.35 bits per heavy atom. The molecule has 0 saturated carbocycles. The predicted molar refractivity (Wildman–Crippen MR) is 83.3 cm³/mol. The zero-order valence-corrected chi connectivity index (χ0v) is 14.3. The van der Waals surface area contributed by atoms with Crippen molar-refractivity contribution in [2.75, 3.05) is 20.3 Å². The van der Waals surface area contributed by atoms with Crippen LogP contribution in [0.2, 0.25) is 0 Å². The van der Waals surface area contributed by atoms with Gasteiger partial charge < -0.3 is 13.9 Å². The van der Waals surface area contributed by atoms with E-state index in [1.807, 2.05) is 13.1 Å². The first-order valence-electron chi connectivity index (χ1n) is 7.48. The van der Waals surface area contributed by atoms with E-state index in [2.05, 4.69) is 14.5 Å². The van der Waals surface area contributed by atoms with Gasteiger partial charge in [-0.05, 0) is 6.92 Å². The maximum atomic E-state index is 12.8. The van der Waals surface area contributed by atoms with Gasteiger partial charge in [0.2, 0.25) is 0 Å². The highest BCUT2D eigenvalue weighted by Gasteiger charge is 2.36. The van der Waals surface area contributed by atoms with Crippen LogP contribution < -0.4 is 0 Å². The van der Waals surface area contributed by atoms with Crippen molar-refractivity contribution in [2.45, 2.75) is 31.0 Å². The Morgan fingerprint density at radius 3 is 2.78 bits per heavy atom. The molecular weight excluding hydrogens is 318 g/mol. The lowest BCUT2D eigenvalue weighted by Crippen LogP contribution is -2.41. The summed E-state index contributed by atoms with van der Waals surface area (Å²) in [7, 11) is -0.203. The molecule has 0 radical (unpaired) electrons. The standard InChI is InChI=1S/C14H21N5O3S/c1-11-14-15-8-12(4-7-22-3)18(14)5-6-19(11)23(20,21)13-9-17(2)10-16-13/h8-11H,4-7H2,1-3H3/t11-/m1/s1. The van der Waals surface area contributed by atoms with E-state index in [4.69, 9.17) is 4.74 Å². The fourth-order valence-corrected chi connectivity index (χ4v) is 4.47. The molecule has 126 valence electrons. The summed E-state index contributed by atoms with van der Waals surface area (Å²) >= 11 is 0. The first-order chi connectivity index (χ1) is 10.9. The molecule has 1 aliphatic rings. The third-order valence-corrected chi connectivity index (χ3v) is 5.99. The van der Waals surface area contributed by atoms with Gasteiger partial charge in [0.1, 0.15) is 5.82 Å². The van der Waals surface area contributed by atoms with Gasteiger partial charge >= 0.3 is 0 Å². The SMILES string of the molecule is COCCc1cnc2n1CCN(S(=O)(=O)c1cn(C)cn1)[C@@H]2C. The lowest BCUT2D eigenvalue weighted by atomic mass is 10.2. The summed E-state index contributed by atoms with van der Waals surface area (Å²) in [5.41, 5.74) is 1.07. The summed E-state index contributed by atoms with van der Waals surface area (Å²) in [6.07, 6.45) is 5.59. The van der Waals surface area contributed by atoms with Crippen molar-refractivity contribution in [1.29, 1.82) is 0 Å². The lowest BCUT2D eigenvalue weighted by molar-refractivity contribution is 0.198. The molecule has 3 rings (SSSR count). The van der Waals surface area contributed by atoms with Gasteiger partial charge in [0, 0.05) is 51.8 Å². The molecule has 0 saturated heterocycles. The molecule has 0 aliphatic carbocycles. The molecule has 23 heavy (non-hydrogen) atoms. The van der Waals surface area contributed by atoms with Crippen molar-refractivity contribution in [3.8, 4) is 0 Å². The molecule has 2 aromatic rings. The summed E-state index contributed by atoms with van der Waals surface area (Å²) in [4.78, 5) is 8.42. The Balaban J connectivity index is 1.89. The van der Waals surface area contributed by atoms with E-state index < -0.39 is 10.0 Å². The molecule has 0 aromatic carbocycles. The van der Waals surface area contributed by atoms with Crippen molar-refractivity contribution in [3.05, 3.63) is 30.2 Å². The first kappa shape index (κ1) is 16.2. The van der Waals surface area contributed by atoms with E-state index in [9.17, 15) is 8.42 Å². The quantitative estimate of drug-likeness (QED) is 0.795. The fraction of sp³-hybridized carbons (Fsp3) is 0.571. The van der Waals surface area contributed by atoms with E-state index in [1.165, 1.54) is 16.8 Å². The number of aryl methyl sites for hydroxylation is 1. The normalized spacial score (nSPS) is 19.0. The molecule has 8 nitrogen and oxygen atoms in total. The monoisotopic (exact) mass is 339 g/mol. The van der Waals surface area contributed by atoms with Crippen LogP contribution in [0.15, 0.2) is 23.7 Å². The highest BCUT2D eigenvalue weighted by Crippen LogP contribution is 2.30. The van der Waals surface area contributed by atoms with Crippen LogP contribution >= 0.6 is 0 Å². The number of fused-ring (bicyclic) bond motifs is 1. The molecule has 2 aromatic heterocycles. The molecule has 9 heteroatoms. The smallest absolute Gasteiger partial charge is 0.262 e. The summed E-state index contributed by atoms with van der Waals surface area (Å²) < 4.78 is 35.9. The average molecular weight is 339 g/mol. The van der Waals surface area contributed by atoms with Crippen molar-refractivity contribution >= 4 is 10.0 Å². The third kappa shape index (κ3) is 2.79. The summed E-state index contributed by atoms with van der Waals surface area (Å²) in [5.74, 6) is 0.766. The Morgan fingerprint density at radius 2 is 2.13 bits per heavy atom. The average Bonchev–Trinajstić information content (AvgIpc) is 3.12. The van der Waals surface area contributed by atoms with E-state index in [-0.39, 0.29) is 11.1 Å². The van der Waals surface area contributed by atoms with Gasteiger partial charge in [-0.15, -0.1) is 0 Å². The van der Waals surface area contributed by atoms with Gasteiger partial charge in [0.05, 0.1) is 19.0 Å². The Hall–Kier alpha value is -1.71. The van der Waals surface area contributed by atoms with Crippen molar-refractivity contribution in [3.63, 3.8) is 0 Å². The van der Waals surface area contributed by atoms with Gasteiger partial charge in [-0.3, -0.25) is 0 Å². The summed E-state index contributed by atoms with van der Waals surface area (Å²) in [6.45, 7) is 3.47. The number of rotatable bonds is 5. The van der Waals surface area contributed by atoms with E-state index in [0.717, 1.165) is 17.9 Å². The molecule has 1 atom stereocenters. The van der Waals surface area contributed by atoms with Crippen LogP contribution in [-0.2, 0) is 34.8 Å². The zero-order chi connectivity index (χ0) is 16.6. The van der Waals surface area contributed by atoms with Crippen LogP contribution in [-0.4, -0.2) is 52.1 Å². The number of hydrogen-bond donors (Lipinski definition) is 0. The molecule has 0 bridgehead atoms. The second-order valence-corrected chi connectivity index (χ2v) is 7.51. The van der Waals surface area contributed by atoms with Crippen LogP contribution in [0.5, 0.6) is 0 Å². The number of nitrogens with zero attached hydrogens (tertiary/aromatic N) is 5. The molecule has 3 heterocycles. The molecule has 0 spiro atoms. The second kappa shape index (κ2) is 6.06. The fourth-order valence-electron chi connectivity index (χ4n) is 2.92. The van der Waals surface area contributed by atoms with Gasteiger partial charge in [-0.1, -0.05) is 0 Å². The van der Waals surface area contributed by atoms with Crippen molar-refractivity contribution in [1.82, 2.24) is 23.4 Å². The molecule has 1 aliphatic heterocycles. The van der Waals surface area contributed by atoms with E-state index in [0.29, 0.717) is 19.7 Å². The first-order valence-corrected chi connectivity index (χ1v) is 8.92. The minimum Gasteiger partial charge on any atom is -0.384 e. The number of sulfonamides is 1. The van der Waals surface area contributed by atoms with Crippen molar-refractivity contribution < 1.29 is 13.2 Å². The zero-order valence-electron chi connectivity index (χ0n) is 13.5. The second-order valence-electron chi connectivity index (χ2n) is 5.67. The van der Waals surface area contributed by atoms with Gasteiger partial charge in [-0.2, -0.15) is 4.31 Å². The molecule has 0 unspecified atom stereocenters. The minimum absolute atomic E-state index is 0.0754. The van der Waals surface area contributed by atoms with Crippen LogP contribution in [0.1, 0.15) is 24.5 Å². The maximum Gasteiger partial charge on any atom is 0.262 e. The number of imidazole rings is 2. The lowest BCUT2D eigenvalue weighted by Gasteiger charge is -2.32. The van der Waals surface area contributed by atoms with Gasteiger partial charge in [-0.25, -0.2) is 18.4 Å². The number of aromatic nitrogens is 4. The van der Waals surface area contributed by atoms with Crippen molar-refractivity contribution in [2.24, 2.45) is 7.05 Å². The maximum absolute atomic E-state index is 12.8. The van der Waals surface area contributed by atoms with Crippen LogP contribution in [0.25, 0.3) is 0 Å². The Labute approximate surface area is 135 Å². The predicted octanol–water partition coefficient (Wildman–Crippen LogP) is 0.571. The topological polar surface area (TPSA) is 82.3 Å². The third-order valence-electron chi connectivity index (χ3n) is 4.14. The van der Waals surface area contributed by atoms with Crippen LogP contribution in [0.4, 0.5) is 0 Å². The molecule has 0 N–H and O–H groups in total. The number of methoxy groups -OCH3 is 1. The molecular formula is C14H21N5O3S. The molecule has 0 amide bonds. The Bertz CT molecular complexity index is 795. The van der Waals surface area contributed by atoms with Crippen LogP contribution in [0.3, 0.4) is 0 Å². The van der Waals surface area contributed by atoms with E-state index in [1.54, 1.807) is 18.7 Å². The number of ether oxygens (including phenoxy) is 1. The summed E-state index contributed by atoms with van der Waals surface area (Å²) in [6, 6.07) is -0.327. The summed E-state index contributed by atoms with van der Waals surface area (Å²) in [5, 5.41) is 0.0754. The van der Waals surface area contributed by atoms with E-state index >= 15 is 0 Å². The Kier molecular flexibility index (Phi) is 4.26.